The van der Waals surface area contributed by atoms with Gasteiger partial charge in [0.25, 0.3) is 0 Å². The van der Waals surface area contributed by atoms with Crippen LogP contribution in [0.15, 0.2) is 28.7 Å². The zero-order valence-corrected chi connectivity index (χ0v) is 11.7. The fourth-order valence-electron chi connectivity index (χ4n) is 2.51. The Balaban J connectivity index is 2.45. The number of benzene rings is 1. The van der Waals surface area contributed by atoms with Crippen LogP contribution < -0.4 is 10.6 Å². The second kappa shape index (κ2) is 4.42. The molecule has 1 aliphatic heterocycles. The molecule has 92 valence electrons. The van der Waals surface area contributed by atoms with Crippen molar-refractivity contribution in [1.82, 2.24) is 0 Å². The van der Waals surface area contributed by atoms with Gasteiger partial charge in [-0.2, -0.15) is 0 Å². The van der Waals surface area contributed by atoms with E-state index in [2.05, 4.69) is 29.8 Å². The molecule has 0 saturated carbocycles. The molecule has 0 spiro atoms. The van der Waals surface area contributed by atoms with Crippen molar-refractivity contribution in [3.05, 3.63) is 28.7 Å². The van der Waals surface area contributed by atoms with Gasteiger partial charge >= 0.3 is 0 Å². The molecule has 3 nitrogen and oxygen atoms in total. The number of amides is 1. The van der Waals surface area contributed by atoms with Crippen molar-refractivity contribution >= 4 is 27.5 Å². The lowest BCUT2D eigenvalue weighted by atomic mass is 9.88. The lowest BCUT2D eigenvalue weighted by Gasteiger charge is -2.36. The summed E-state index contributed by atoms with van der Waals surface area (Å²) in [5.41, 5.74) is 6.46. The molecule has 4 heteroatoms. The SMILES string of the molecule is CC1(C)C(CN)CC(=O)N1c1ccccc1Br. The molecule has 1 saturated heterocycles. The zero-order chi connectivity index (χ0) is 12.6. The zero-order valence-electron chi connectivity index (χ0n) is 10.1. The first-order chi connectivity index (χ1) is 7.98. The Labute approximate surface area is 110 Å². The molecular weight excluding hydrogens is 280 g/mol. The molecule has 1 heterocycles. The molecule has 1 fully saturated rings. The third-order valence-electron chi connectivity index (χ3n) is 3.62. The van der Waals surface area contributed by atoms with Crippen LogP contribution >= 0.6 is 15.9 Å². The van der Waals surface area contributed by atoms with Crippen molar-refractivity contribution in [2.75, 3.05) is 11.4 Å². The van der Waals surface area contributed by atoms with Gasteiger partial charge in [-0.15, -0.1) is 0 Å². The lowest BCUT2D eigenvalue weighted by Crippen LogP contribution is -2.46. The second-order valence-electron chi connectivity index (χ2n) is 4.97. The standard InChI is InChI=1S/C13H17BrN2O/c1-13(2)9(8-15)7-12(17)16(13)11-6-4-3-5-10(11)14/h3-6,9H,7-8,15H2,1-2H3. The van der Waals surface area contributed by atoms with Crippen LogP contribution in [0.2, 0.25) is 0 Å². The third kappa shape index (κ3) is 2.00. The van der Waals surface area contributed by atoms with E-state index in [4.69, 9.17) is 5.73 Å². The Hall–Kier alpha value is -0.870. The number of para-hydroxylation sites is 1. The number of hydrogen-bond donors (Lipinski definition) is 1. The van der Waals surface area contributed by atoms with Crippen molar-refractivity contribution in [2.24, 2.45) is 11.7 Å². The molecular formula is C13H17BrN2O. The highest BCUT2D eigenvalue weighted by atomic mass is 79.9. The summed E-state index contributed by atoms with van der Waals surface area (Å²) in [6.45, 7) is 4.70. The third-order valence-corrected chi connectivity index (χ3v) is 4.29. The molecule has 0 bridgehead atoms. The van der Waals surface area contributed by atoms with Crippen molar-refractivity contribution in [3.8, 4) is 0 Å². The number of rotatable bonds is 2. The highest BCUT2D eigenvalue weighted by Gasteiger charge is 2.46. The molecule has 0 radical (unpaired) electrons. The first kappa shape index (κ1) is 12.6. The average molecular weight is 297 g/mol. The Kier molecular flexibility index (Phi) is 3.27. The maximum atomic E-state index is 12.2. The van der Waals surface area contributed by atoms with E-state index >= 15 is 0 Å². The normalized spacial score (nSPS) is 23.2. The molecule has 2 N–H and O–H groups in total. The van der Waals surface area contributed by atoms with E-state index in [1.807, 2.05) is 29.2 Å². The van der Waals surface area contributed by atoms with Crippen LogP contribution in [0.3, 0.4) is 0 Å². The number of anilines is 1. The van der Waals surface area contributed by atoms with Crippen molar-refractivity contribution in [2.45, 2.75) is 25.8 Å². The molecule has 1 aromatic carbocycles. The van der Waals surface area contributed by atoms with Crippen molar-refractivity contribution in [1.29, 1.82) is 0 Å². The van der Waals surface area contributed by atoms with Gasteiger partial charge in [0.15, 0.2) is 0 Å². The van der Waals surface area contributed by atoms with E-state index in [9.17, 15) is 4.79 Å². The van der Waals surface area contributed by atoms with E-state index in [-0.39, 0.29) is 17.4 Å². The van der Waals surface area contributed by atoms with Gasteiger partial charge in [-0.1, -0.05) is 12.1 Å². The monoisotopic (exact) mass is 296 g/mol. The van der Waals surface area contributed by atoms with Gasteiger partial charge < -0.3 is 10.6 Å². The summed E-state index contributed by atoms with van der Waals surface area (Å²) >= 11 is 3.50. The number of nitrogens with zero attached hydrogens (tertiary/aromatic N) is 1. The maximum absolute atomic E-state index is 12.2. The lowest BCUT2D eigenvalue weighted by molar-refractivity contribution is -0.117. The summed E-state index contributed by atoms with van der Waals surface area (Å²) in [5.74, 6) is 0.361. The van der Waals surface area contributed by atoms with Gasteiger partial charge in [0.1, 0.15) is 0 Å². The van der Waals surface area contributed by atoms with Crippen LogP contribution in [0.4, 0.5) is 5.69 Å². The minimum atomic E-state index is -0.226. The summed E-state index contributed by atoms with van der Waals surface area (Å²) in [5, 5.41) is 0. The Morgan fingerprint density at radius 1 is 1.47 bits per heavy atom. The first-order valence-electron chi connectivity index (χ1n) is 5.76. The number of carbonyl (C=O) groups excluding carboxylic acids is 1. The van der Waals surface area contributed by atoms with E-state index < -0.39 is 0 Å². The van der Waals surface area contributed by atoms with Crippen LogP contribution in [-0.2, 0) is 4.79 Å². The minimum Gasteiger partial charge on any atom is -0.330 e. The quantitative estimate of drug-likeness (QED) is 0.912. The van der Waals surface area contributed by atoms with Gasteiger partial charge in [-0.3, -0.25) is 4.79 Å². The predicted octanol–water partition coefficient (Wildman–Crippen LogP) is 2.54. The second-order valence-corrected chi connectivity index (χ2v) is 5.83. The van der Waals surface area contributed by atoms with E-state index in [1.54, 1.807) is 0 Å². The Bertz CT molecular complexity index is 445. The van der Waals surface area contributed by atoms with E-state index in [0.29, 0.717) is 13.0 Å². The number of nitrogens with two attached hydrogens (primary N) is 1. The fraction of sp³-hybridized carbons (Fsp3) is 0.462. The minimum absolute atomic E-state index is 0.150. The molecule has 0 aromatic heterocycles. The number of halogens is 1. The van der Waals surface area contributed by atoms with Crippen LogP contribution in [0.5, 0.6) is 0 Å². The van der Waals surface area contributed by atoms with Gasteiger partial charge in [0, 0.05) is 22.4 Å². The molecule has 17 heavy (non-hydrogen) atoms. The van der Waals surface area contributed by atoms with Gasteiger partial charge in [0.2, 0.25) is 5.91 Å². The van der Waals surface area contributed by atoms with Crippen LogP contribution in [-0.4, -0.2) is 18.0 Å². The highest BCUT2D eigenvalue weighted by molar-refractivity contribution is 9.10. The molecule has 1 amide bonds. The summed E-state index contributed by atoms with van der Waals surface area (Å²) in [6.07, 6.45) is 0.533. The molecule has 0 aliphatic carbocycles. The Morgan fingerprint density at radius 3 is 2.65 bits per heavy atom. The Morgan fingerprint density at radius 2 is 2.12 bits per heavy atom. The molecule has 1 unspecified atom stereocenters. The van der Waals surface area contributed by atoms with Crippen molar-refractivity contribution < 1.29 is 4.79 Å². The van der Waals surface area contributed by atoms with Crippen LogP contribution in [0.25, 0.3) is 0 Å². The molecule has 1 aliphatic rings. The fourth-order valence-corrected chi connectivity index (χ4v) is 2.97. The largest absolute Gasteiger partial charge is 0.330 e. The highest BCUT2D eigenvalue weighted by Crippen LogP contribution is 2.41. The van der Waals surface area contributed by atoms with Crippen LogP contribution in [0, 0.1) is 5.92 Å². The maximum Gasteiger partial charge on any atom is 0.227 e. The topological polar surface area (TPSA) is 46.3 Å². The predicted molar refractivity (Wildman–Crippen MR) is 72.9 cm³/mol. The smallest absolute Gasteiger partial charge is 0.227 e. The van der Waals surface area contributed by atoms with Gasteiger partial charge in [-0.05, 0) is 48.5 Å². The van der Waals surface area contributed by atoms with E-state index in [0.717, 1.165) is 10.2 Å². The molecule has 1 atom stereocenters. The average Bonchev–Trinajstić information content (AvgIpc) is 2.50. The van der Waals surface area contributed by atoms with E-state index in [1.165, 1.54) is 0 Å². The van der Waals surface area contributed by atoms with Gasteiger partial charge in [0.05, 0.1) is 5.69 Å². The number of carbonyl (C=O) groups is 1. The number of hydrogen-bond acceptors (Lipinski definition) is 2. The van der Waals surface area contributed by atoms with Gasteiger partial charge in [-0.25, -0.2) is 0 Å². The summed E-state index contributed by atoms with van der Waals surface area (Å²) in [6, 6.07) is 7.80. The summed E-state index contributed by atoms with van der Waals surface area (Å²) < 4.78 is 0.944. The summed E-state index contributed by atoms with van der Waals surface area (Å²) in [4.78, 5) is 14.0. The molecule has 1 aromatic rings. The molecule has 2 rings (SSSR count). The summed E-state index contributed by atoms with van der Waals surface area (Å²) in [7, 11) is 0. The van der Waals surface area contributed by atoms with Crippen LogP contribution in [0.1, 0.15) is 20.3 Å². The van der Waals surface area contributed by atoms with Crippen molar-refractivity contribution in [3.63, 3.8) is 0 Å². The first-order valence-corrected chi connectivity index (χ1v) is 6.55.